The van der Waals surface area contributed by atoms with Gasteiger partial charge in [-0.15, -0.1) is 0 Å². The molecule has 2 nitrogen and oxygen atoms in total. The van der Waals surface area contributed by atoms with E-state index in [-0.39, 0.29) is 0 Å². The number of hydrogen-bond donors (Lipinski definition) is 1. The highest BCUT2D eigenvalue weighted by Crippen LogP contribution is 2.33. The van der Waals surface area contributed by atoms with Gasteiger partial charge in [0.25, 0.3) is 0 Å². The van der Waals surface area contributed by atoms with Crippen molar-refractivity contribution in [2.24, 2.45) is 5.92 Å². The summed E-state index contributed by atoms with van der Waals surface area (Å²) in [6.07, 6.45) is 2.33. The maximum Gasteiger partial charge on any atom is 0.0469 e. The Morgan fingerprint density at radius 2 is 1.67 bits per heavy atom. The third-order valence-electron chi connectivity index (χ3n) is 4.10. The van der Waals surface area contributed by atoms with E-state index in [2.05, 4.69) is 45.3 Å². The molecule has 0 spiro atoms. The van der Waals surface area contributed by atoms with Crippen LogP contribution in [-0.2, 0) is 4.74 Å². The molecular weight excluding hydrogens is 222 g/mol. The van der Waals surface area contributed by atoms with E-state index in [0.717, 1.165) is 26.1 Å². The Labute approximate surface area is 111 Å². The number of ether oxygens (including phenoxy) is 1. The molecule has 0 aromatic heterocycles. The Morgan fingerprint density at radius 3 is 2.17 bits per heavy atom. The number of benzene rings is 1. The van der Waals surface area contributed by atoms with Crippen molar-refractivity contribution in [3.8, 4) is 0 Å². The summed E-state index contributed by atoms with van der Waals surface area (Å²) in [5.74, 6) is 0.698. The van der Waals surface area contributed by atoms with Crippen LogP contribution in [0.1, 0.15) is 41.1 Å². The lowest BCUT2D eigenvalue weighted by molar-refractivity contribution is 0.0544. The summed E-state index contributed by atoms with van der Waals surface area (Å²) >= 11 is 0. The minimum Gasteiger partial charge on any atom is -0.381 e. The average molecular weight is 247 g/mol. The molecule has 1 aromatic rings. The van der Waals surface area contributed by atoms with E-state index in [1.165, 1.54) is 22.3 Å². The van der Waals surface area contributed by atoms with Gasteiger partial charge < -0.3 is 10.1 Å². The first-order valence-electron chi connectivity index (χ1n) is 6.96. The highest BCUT2D eigenvalue weighted by Gasteiger charge is 2.26. The molecule has 1 unspecified atom stereocenters. The highest BCUT2D eigenvalue weighted by molar-refractivity contribution is 5.40. The Bertz CT molecular complexity index is 385. The van der Waals surface area contributed by atoms with Crippen molar-refractivity contribution in [3.05, 3.63) is 34.4 Å². The summed E-state index contributed by atoms with van der Waals surface area (Å²) in [6.45, 7) is 8.46. The molecule has 0 amide bonds. The maximum atomic E-state index is 5.48. The first kappa shape index (κ1) is 13.6. The van der Waals surface area contributed by atoms with Crippen LogP contribution in [-0.4, -0.2) is 20.3 Å². The van der Waals surface area contributed by atoms with Gasteiger partial charge in [-0.25, -0.2) is 0 Å². The second kappa shape index (κ2) is 5.85. The van der Waals surface area contributed by atoms with Gasteiger partial charge in [0.15, 0.2) is 0 Å². The molecule has 1 aliphatic heterocycles. The van der Waals surface area contributed by atoms with Crippen LogP contribution in [0, 0.1) is 26.7 Å². The zero-order valence-electron chi connectivity index (χ0n) is 12.0. The van der Waals surface area contributed by atoms with Crippen LogP contribution in [0.15, 0.2) is 12.1 Å². The van der Waals surface area contributed by atoms with Crippen molar-refractivity contribution in [1.29, 1.82) is 0 Å². The third kappa shape index (κ3) is 2.76. The second-order valence-electron chi connectivity index (χ2n) is 5.53. The molecule has 0 bridgehead atoms. The molecule has 18 heavy (non-hydrogen) atoms. The minimum absolute atomic E-state index is 0.467. The summed E-state index contributed by atoms with van der Waals surface area (Å²) in [5.41, 5.74) is 5.68. The van der Waals surface area contributed by atoms with Crippen molar-refractivity contribution in [2.75, 3.05) is 20.3 Å². The van der Waals surface area contributed by atoms with Crippen LogP contribution in [0.25, 0.3) is 0 Å². The van der Waals surface area contributed by atoms with Gasteiger partial charge in [-0.1, -0.05) is 17.7 Å². The predicted octanol–water partition coefficient (Wildman–Crippen LogP) is 3.30. The molecule has 1 fully saturated rings. The van der Waals surface area contributed by atoms with Crippen LogP contribution in [0.4, 0.5) is 0 Å². The van der Waals surface area contributed by atoms with Crippen molar-refractivity contribution in [3.63, 3.8) is 0 Å². The third-order valence-corrected chi connectivity index (χ3v) is 4.10. The van der Waals surface area contributed by atoms with Gasteiger partial charge >= 0.3 is 0 Å². The largest absolute Gasteiger partial charge is 0.381 e. The van der Waals surface area contributed by atoms with Crippen molar-refractivity contribution in [2.45, 2.75) is 39.7 Å². The number of nitrogens with one attached hydrogen (secondary N) is 1. The average Bonchev–Trinajstić information content (AvgIpc) is 2.34. The SMILES string of the molecule is CNC(c1c(C)cc(C)cc1C)C1CCOCC1. The summed E-state index contributed by atoms with van der Waals surface area (Å²) in [7, 11) is 2.08. The number of aryl methyl sites for hydroxylation is 3. The van der Waals surface area contributed by atoms with E-state index in [9.17, 15) is 0 Å². The molecular formula is C16H25NO. The molecule has 0 aliphatic carbocycles. The maximum absolute atomic E-state index is 5.48. The molecule has 0 radical (unpaired) electrons. The van der Waals surface area contributed by atoms with E-state index in [1.807, 2.05) is 0 Å². The van der Waals surface area contributed by atoms with Gasteiger partial charge in [-0.05, 0) is 63.3 Å². The van der Waals surface area contributed by atoms with Crippen molar-refractivity contribution in [1.82, 2.24) is 5.32 Å². The lowest BCUT2D eigenvalue weighted by Crippen LogP contribution is -2.31. The molecule has 1 heterocycles. The molecule has 1 atom stereocenters. The Morgan fingerprint density at radius 1 is 1.11 bits per heavy atom. The normalized spacial score (nSPS) is 18.9. The summed E-state index contributed by atoms with van der Waals surface area (Å²) in [5, 5.41) is 3.53. The highest BCUT2D eigenvalue weighted by atomic mass is 16.5. The quantitative estimate of drug-likeness (QED) is 0.885. The van der Waals surface area contributed by atoms with Gasteiger partial charge in [0.05, 0.1) is 0 Å². The smallest absolute Gasteiger partial charge is 0.0469 e. The topological polar surface area (TPSA) is 21.3 Å². The summed E-state index contributed by atoms with van der Waals surface area (Å²) in [4.78, 5) is 0. The standard InChI is InChI=1S/C16H25NO/c1-11-9-12(2)15(13(3)10-11)16(17-4)14-5-7-18-8-6-14/h9-10,14,16-17H,5-8H2,1-4H3. The monoisotopic (exact) mass is 247 g/mol. The zero-order valence-corrected chi connectivity index (χ0v) is 12.0. The van der Waals surface area contributed by atoms with E-state index in [0.29, 0.717) is 12.0 Å². The fraction of sp³-hybridized carbons (Fsp3) is 0.625. The van der Waals surface area contributed by atoms with Crippen LogP contribution < -0.4 is 5.32 Å². The lowest BCUT2D eigenvalue weighted by atomic mass is 9.83. The molecule has 1 aromatic carbocycles. The molecule has 1 saturated heterocycles. The fourth-order valence-electron chi connectivity index (χ4n) is 3.35. The van der Waals surface area contributed by atoms with Crippen molar-refractivity contribution >= 4 is 0 Å². The van der Waals surface area contributed by atoms with Crippen LogP contribution >= 0.6 is 0 Å². The molecule has 2 rings (SSSR count). The molecule has 1 N–H and O–H groups in total. The Hall–Kier alpha value is -0.860. The zero-order chi connectivity index (χ0) is 13.1. The van der Waals surface area contributed by atoms with Gasteiger partial charge in [0.1, 0.15) is 0 Å². The predicted molar refractivity (Wildman–Crippen MR) is 76.0 cm³/mol. The first-order chi connectivity index (χ1) is 8.63. The number of hydrogen-bond acceptors (Lipinski definition) is 2. The van der Waals surface area contributed by atoms with Gasteiger partial charge in [0.2, 0.25) is 0 Å². The first-order valence-corrected chi connectivity index (χ1v) is 6.96. The van der Waals surface area contributed by atoms with Gasteiger partial charge in [-0.2, -0.15) is 0 Å². The molecule has 0 saturated carbocycles. The lowest BCUT2D eigenvalue weighted by Gasteiger charge is -2.32. The minimum atomic E-state index is 0.467. The van der Waals surface area contributed by atoms with Crippen molar-refractivity contribution < 1.29 is 4.74 Å². The van der Waals surface area contributed by atoms with E-state index < -0.39 is 0 Å². The molecule has 2 heteroatoms. The van der Waals surface area contributed by atoms with Gasteiger partial charge in [-0.3, -0.25) is 0 Å². The summed E-state index contributed by atoms with van der Waals surface area (Å²) in [6, 6.07) is 5.06. The molecule has 100 valence electrons. The van der Waals surface area contributed by atoms with E-state index in [4.69, 9.17) is 4.74 Å². The number of rotatable bonds is 3. The van der Waals surface area contributed by atoms with Crippen LogP contribution in [0.2, 0.25) is 0 Å². The Kier molecular flexibility index (Phi) is 4.41. The van der Waals surface area contributed by atoms with E-state index >= 15 is 0 Å². The Balaban J connectivity index is 2.32. The van der Waals surface area contributed by atoms with Gasteiger partial charge in [0, 0.05) is 19.3 Å². The van der Waals surface area contributed by atoms with Crippen LogP contribution in [0.5, 0.6) is 0 Å². The summed E-state index contributed by atoms with van der Waals surface area (Å²) < 4.78 is 5.48. The second-order valence-corrected chi connectivity index (χ2v) is 5.53. The molecule has 1 aliphatic rings. The fourth-order valence-corrected chi connectivity index (χ4v) is 3.35. The van der Waals surface area contributed by atoms with Crippen LogP contribution in [0.3, 0.4) is 0 Å². The van der Waals surface area contributed by atoms with E-state index in [1.54, 1.807) is 0 Å².